The molecule has 1 aliphatic rings. The molecule has 126 valence electrons. The number of aryl methyl sites for hydroxylation is 1. The number of hydrogen-bond acceptors (Lipinski definition) is 6. The van der Waals surface area contributed by atoms with E-state index in [0.29, 0.717) is 5.82 Å². The van der Waals surface area contributed by atoms with E-state index in [1.165, 1.54) is 27.5 Å². The summed E-state index contributed by atoms with van der Waals surface area (Å²) in [7, 11) is 0. The first kappa shape index (κ1) is 14.9. The molecule has 1 N–H and O–H groups in total. The lowest BCUT2D eigenvalue weighted by atomic mass is 10.1. The molecule has 1 atom stereocenters. The number of rotatable bonds is 3. The van der Waals surface area contributed by atoms with Gasteiger partial charge in [0.05, 0.1) is 4.88 Å². The molecule has 0 saturated carbocycles. The molecule has 25 heavy (non-hydrogen) atoms. The van der Waals surface area contributed by atoms with Crippen LogP contribution in [0.2, 0.25) is 0 Å². The SMILES string of the molecule is Cc1nc2sc(C(c3cccs3)N3CCc4ccccc43)c(O)n2n1. The molecule has 3 aromatic heterocycles. The molecule has 0 radical (unpaired) electrons. The van der Waals surface area contributed by atoms with Crippen LogP contribution >= 0.6 is 22.7 Å². The van der Waals surface area contributed by atoms with E-state index in [-0.39, 0.29) is 11.9 Å². The van der Waals surface area contributed by atoms with Crippen molar-refractivity contribution in [2.24, 2.45) is 0 Å². The van der Waals surface area contributed by atoms with Gasteiger partial charge in [0.1, 0.15) is 11.9 Å². The predicted octanol–water partition coefficient (Wildman–Crippen LogP) is 4.02. The van der Waals surface area contributed by atoms with Crippen molar-refractivity contribution in [3.8, 4) is 5.88 Å². The van der Waals surface area contributed by atoms with Crippen LogP contribution in [0.3, 0.4) is 0 Å². The number of aromatic hydroxyl groups is 1. The van der Waals surface area contributed by atoms with Gasteiger partial charge >= 0.3 is 0 Å². The Hall–Kier alpha value is -2.38. The Morgan fingerprint density at radius 3 is 2.88 bits per heavy atom. The molecule has 1 unspecified atom stereocenters. The predicted molar refractivity (Wildman–Crippen MR) is 101 cm³/mol. The molecule has 0 spiro atoms. The Bertz CT molecular complexity index is 1050. The van der Waals surface area contributed by atoms with E-state index >= 15 is 0 Å². The summed E-state index contributed by atoms with van der Waals surface area (Å²) in [5, 5.41) is 17.2. The van der Waals surface area contributed by atoms with Gasteiger partial charge < -0.3 is 10.0 Å². The highest BCUT2D eigenvalue weighted by Crippen LogP contribution is 2.45. The van der Waals surface area contributed by atoms with Crippen molar-refractivity contribution in [3.05, 3.63) is 62.9 Å². The van der Waals surface area contributed by atoms with E-state index in [9.17, 15) is 5.11 Å². The molecular weight excluding hydrogens is 352 g/mol. The number of aromatic nitrogens is 3. The molecule has 1 aromatic carbocycles. The summed E-state index contributed by atoms with van der Waals surface area (Å²) in [5.41, 5.74) is 2.61. The van der Waals surface area contributed by atoms with Gasteiger partial charge in [-0.15, -0.1) is 16.4 Å². The number of hydrogen-bond donors (Lipinski definition) is 1. The zero-order valence-corrected chi connectivity index (χ0v) is 15.2. The topological polar surface area (TPSA) is 53.7 Å². The van der Waals surface area contributed by atoms with Crippen molar-refractivity contribution in [2.45, 2.75) is 19.4 Å². The van der Waals surface area contributed by atoms with E-state index in [2.05, 4.69) is 56.8 Å². The lowest BCUT2D eigenvalue weighted by Gasteiger charge is -2.29. The van der Waals surface area contributed by atoms with Gasteiger partial charge in [-0.25, -0.2) is 4.98 Å². The van der Waals surface area contributed by atoms with Crippen molar-refractivity contribution in [1.29, 1.82) is 0 Å². The lowest BCUT2D eigenvalue weighted by molar-refractivity contribution is 0.431. The molecule has 0 aliphatic carbocycles. The fraction of sp³-hybridized carbons (Fsp3) is 0.222. The Morgan fingerprint density at radius 1 is 1.20 bits per heavy atom. The fourth-order valence-electron chi connectivity index (χ4n) is 3.53. The van der Waals surface area contributed by atoms with Gasteiger partial charge in [0.15, 0.2) is 0 Å². The summed E-state index contributed by atoms with van der Waals surface area (Å²) in [4.78, 5) is 9.66. The molecule has 4 aromatic rings. The Balaban J connectivity index is 1.69. The molecule has 1 aliphatic heterocycles. The lowest BCUT2D eigenvalue weighted by Crippen LogP contribution is -2.26. The number of thiazole rings is 1. The van der Waals surface area contributed by atoms with E-state index in [4.69, 9.17) is 0 Å². The number of benzene rings is 1. The first-order valence-corrected chi connectivity index (χ1v) is 9.85. The summed E-state index contributed by atoms with van der Waals surface area (Å²) in [6.45, 7) is 2.78. The molecule has 0 fully saturated rings. The Labute approximate surface area is 152 Å². The molecular formula is C18H16N4OS2. The quantitative estimate of drug-likeness (QED) is 0.593. The number of thiophene rings is 1. The van der Waals surface area contributed by atoms with Crippen LogP contribution in [0.15, 0.2) is 41.8 Å². The van der Waals surface area contributed by atoms with Gasteiger partial charge in [-0.1, -0.05) is 35.6 Å². The molecule has 0 bridgehead atoms. The normalized spacial score (nSPS) is 15.0. The summed E-state index contributed by atoms with van der Waals surface area (Å²) in [5.74, 6) is 0.871. The van der Waals surface area contributed by atoms with Gasteiger partial charge in [-0.05, 0) is 36.4 Å². The van der Waals surface area contributed by atoms with Crippen molar-refractivity contribution in [1.82, 2.24) is 14.6 Å². The second-order valence-corrected chi connectivity index (χ2v) is 8.12. The average molecular weight is 368 g/mol. The van der Waals surface area contributed by atoms with Gasteiger partial charge in [0.2, 0.25) is 10.8 Å². The summed E-state index contributed by atoms with van der Waals surface area (Å²) in [6.07, 6.45) is 1.03. The van der Waals surface area contributed by atoms with E-state index in [0.717, 1.165) is 22.8 Å². The number of nitrogens with zero attached hydrogens (tertiary/aromatic N) is 4. The summed E-state index contributed by atoms with van der Waals surface area (Å²) < 4.78 is 1.55. The van der Waals surface area contributed by atoms with Crippen LogP contribution in [0.1, 0.15) is 27.2 Å². The van der Waals surface area contributed by atoms with Crippen LogP contribution in [0.4, 0.5) is 5.69 Å². The van der Waals surface area contributed by atoms with Crippen LogP contribution in [0, 0.1) is 6.92 Å². The van der Waals surface area contributed by atoms with Crippen molar-refractivity contribution < 1.29 is 5.11 Å². The number of fused-ring (bicyclic) bond motifs is 2. The minimum absolute atomic E-state index is 0.0162. The highest BCUT2D eigenvalue weighted by Gasteiger charge is 2.33. The van der Waals surface area contributed by atoms with Gasteiger partial charge in [0, 0.05) is 17.1 Å². The van der Waals surface area contributed by atoms with E-state index < -0.39 is 0 Å². The van der Waals surface area contributed by atoms with Crippen molar-refractivity contribution in [2.75, 3.05) is 11.4 Å². The standard InChI is InChI=1S/C18H16N4OS2/c1-11-19-18-22(20-11)17(23)16(25-18)15(14-7-4-10-24-14)21-9-8-12-5-2-3-6-13(12)21/h2-7,10,15,23H,8-9H2,1H3. The molecule has 7 heteroatoms. The van der Waals surface area contributed by atoms with Crippen LogP contribution in [-0.2, 0) is 6.42 Å². The first-order chi connectivity index (χ1) is 12.2. The van der Waals surface area contributed by atoms with Gasteiger partial charge in [-0.2, -0.15) is 4.52 Å². The average Bonchev–Trinajstić information content (AvgIpc) is 3.37. The third kappa shape index (κ3) is 2.26. The Kier molecular flexibility index (Phi) is 3.33. The van der Waals surface area contributed by atoms with Gasteiger partial charge in [-0.3, -0.25) is 0 Å². The van der Waals surface area contributed by atoms with Crippen LogP contribution in [0.25, 0.3) is 4.96 Å². The van der Waals surface area contributed by atoms with E-state index in [1.54, 1.807) is 15.9 Å². The maximum absolute atomic E-state index is 10.8. The fourth-order valence-corrected chi connectivity index (χ4v) is 5.58. The zero-order chi connectivity index (χ0) is 17.0. The highest BCUT2D eigenvalue weighted by atomic mass is 32.1. The smallest absolute Gasteiger partial charge is 0.231 e. The van der Waals surface area contributed by atoms with Crippen LogP contribution in [-0.4, -0.2) is 26.2 Å². The number of para-hydroxylation sites is 1. The molecule has 0 amide bonds. The molecule has 0 saturated heterocycles. The third-order valence-electron chi connectivity index (χ3n) is 4.60. The largest absolute Gasteiger partial charge is 0.492 e. The van der Waals surface area contributed by atoms with E-state index in [1.807, 2.05) is 6.92 Å². The summed E-state index contributed by atoms with van der Waals surface area (Å²) >= 11 is 3.23. The van der Waals surface area contributed by atoms with Gasteiger partial charge in [0.25, 0.3) is 0 Å². The first-order valence-electron chi connectivity index (χ1n) is 8.15. The molecule has 4 heterocycles. The zero-order valence-electron chi connectivity index (χ0n) is 13.6. The minimum atomic E-state index is -0.0162. The van der Waals surface area contributed by atoms with Crippen molar-refractivity contribution in [3.63, 3.8) is 0 Å². The molecule has 5 nitrogen and oxygen atoms in total. The maximum atomic E-state index is 10.8. The second-order valence-electron chi connectivity index (χ2n) is 6.13. The van der Waals surface area contributed by atoms with Crippen LogP contribution in [0.5, 0.6) is 5.88 Å². The molecule has 5 rings (SSSR count). The minimum Gasteiger partial charge on any atom is -0.492 e. The van der Waals surface area contributed by atoms with Crippen molar-refractivity contribution >= 4 is 33.3 Å². The monoisotopic (exact) mass is 368 g/mol. The second kappa shape index (κ2) is 5.57. The van der Waals surface area contributed by atoms with Crippen LogP contribution < -0.4 is 4.90 Å². The third-order valence-corrected chi connectivity index (χ3v) is 6.60. The maximum Gasteiger partial charge on any atom is 0.231 e. The number of anilines is 1. The Morgan fingerprint density at radius 2 is 2.08 bits per heavy atom. The highest BCUT2D eigenvalue weighted by molar-refractivity contribution is 7.17. The summed E-state index contributed by atoms with van der Waals surface area (Å²) in [6, 6.07) is 12.7.